The van der Waals surface area contributed by atoms with Crippen LogP contribution in [-0.2, 0) is 21.9 Å². The summed E-state index contributed by atoms with van der Waals surface area (Å²) in [6.45, 7) is 1.55. The van der Waals surface area contributed by atoms with Crippen molar-refractivity contribution in [2.24, 2.45) is 13.0 Å². The molecule has 0 unspecified atom stereocenters. The molecule has 150 valence electrons. The van der Waals surface area contributed by atoms with Gasteiger partial charge < -0.3 is 14.8 Å². The Bertz CT molecular complexity index is 804. The highest BCUT2D eigenvalue weighted by Crippen LogP contribution is 2.32. The highest BCUT2D eigenvalue weighted by atomic mass is 32.2. The van der Waals surface area contributed by atoms with Gasteiger partial charge >= 0.3 is 0 Å². The molecule has 1 saturated carbocycles. The van der Waals surface area contributed by atoms with Crippen LogP contribution in [0.4, 0.5) is 0 Å². The number of aryl methyl sites for hydroxylation is 1. The summed E-state index contributed by atoms with van der Waals surface area (Å²) in [6.07, 6.45) is 5.82. The second kappa shape index (κ2) is 8.02. The van der Waals surface area contributed by atoms with Gasteiger partial charge in [0.1, 0.15) is 5.69 Å². The fourth-order valence-electron chi connectivity index (χ4n) is 4.19. The molecule has 1 saturated heterocycles. The lowest BCUT2D eigenvalue weighted by Gasteiger charge is -2.30. The van der Waals surface area contributed by atoms with E-state index in [4.69, 9.17) is 0 Å². The van der Waals surface area contributed by atoms with Gasteiger partial charge in [-0.25, -0.2) is 8.42 Å². The summed E-state index contributed by atoms with van der Waals surface area (Å²) in [6, 6.07) is 3.29. The predicted molar refractivity (Wildman–Crippen MR) is 102 cm³/mol. The molecule has 1 N–H and O–H groups in total. The molecule has 8 nitrogen and oxygen atoms in total. The first-order valence-corrected chi connectivity index (χ1v) is 11.3. The largest absolute Gasteiger partial charge is 0.354 e. The predicted octanol–water partition coefficient (Wildman–Crippen LogP) is 0.418. The Hall–Kier alpha value is -1.87. The smallest absolute Gasteiger partial charge is 0.270 e. The number of rotatable bonds is 2. The summed E-state index contributed by atoms with van der Waals surface area (Å²) >= 11 is 0. The minimum atomic E-state index is -3.42. The lowest BCUT2D eigenvalue weighted by molar-refractivity contribution is -0.125. The molecule has 0 bridgehead atoms. The van der Waals surface area contributed by atoms with Gasteiger partial charge in [-0.3, -0.25) is 9.59 Å². The zero-order chi connectivity index (χ0) is 19.6. The average Bonchev–Trinajstić information content (AvgIpc) is 3.23. The van der Waals surface area contributed by atoms with Crippen molar-refractivity contribution in [2.45, 2.75) is 31.7 Å². The minimum absolute atomic E-state index is 0.109. The van der Waals surface area contributed by atoms with Crippen LogP contribution in [0.25, 0.3) is 0 Å². The van der Waals surface area contributed by atoms with Crippen molar-refractivity contribution < 1.29 is 18.0 Å². The van der Waals surface area contributed by atoms with Gasteiger partial charge in [0.05, 0.1) is 12.2 Å². The van der Waals surface area contributed by atoms with Crippen molar-refractivity contribution in [1.29, 1.82) is 0 Å². The second-order valence-corrected chi connectivity index (χ2v) is 9.35. The lowest BCUT2D eigenvalue weighted by Crippen LogP contribution is -2.47. The number of fused-ring (bicyclic) bond motifs is 1. The van der Waals surface area contributed by atoms with Crippen LogP contribution in [0, 0.1) is 5.92 Å². The molecule has 2 amide bonds. The average molecular weight is 397 g/mol. The molecule has 0 radical (unpaired) electrons. The number of sulfonamides is 1. The first-order valence-electron chi connectivity index (χ1n) is 9.44. The first-order chi connectivity index (χ1) is 12.8. The van der Waals surface area contributed by atoms with Crippen molar-refractivity contribution in [1.82, 2.24) is 19.1 Å². The van der Waals surface area contributed by atoms with Gasteiger partial charge in [0.15, 0.2) is 0 Å². The summed E-state index contributed by atoms with van der Waals surface area (Å²) < 4.78 is 27.9. The molecule has 1 aliphatic carbocycles. The molecular weight excluding hydrogens is 368 g/mol. The van der Waals surface area contributed by atoms with E-state index in [1.54, 1.807) is 15.5 Å². The fourth-order valence-corrected chi connectivity index (χ4v) is 5.40. The summed E-state index contributed by atoms with van der Waals surface area (Å²) in [7, 11) is -1.61. The van der Waals surface area contributed by atoms with Gasteiger partial charge in [0, 0.05) is 45.5 Å². The van der Waals surface area contributed by atoms with Crippen LogP contribution in [-0.4, -0.2) is 72.5 Å². The summed E-state index contributed by atoms with van der Waals surface area (Å²) in [5.74, 6) is -0.531. The SMILES string of the molecule is Cn1cccc1C(=O)N1CCCN(S(C)(=O)=O)[C@H]2CCC[C@H]2C(=O)NCC1. The van der Waals surface area contributed by atoms with E-state index in [0.29, 0.717) is 51.1 Å². The maximum Gasteiger partial charge on any atom is 0.270 e. The molecule has 1 aromatic rings. The van der Waals surface area contributed by atoms with Crippen molar-refractivity contribution in [2.75, 3.05) is 32.4 Å². The number of aromatic nitrogens is 1. The molecule has 9 heteroatoms. The Labute approximate surface area is 160 Å². The Morgan fingerprint density at radius 1 is 1.19 bits per heavy atom. The molecule has 2 atom stereocenters. The van der Waals surface area contributed by atoms with Crippen molar-refractivity contribution in [3.05, 3.63) is 24.0 Å². The topological polar surface area (TPSA) is 91.7 Å². The molecule has 2 fully saturated rings. The molecular formula is C18H28N4O4S. The maximum atomic E-state index is 12.8. The molecule has 0 aromatic carbocycles. The Kier molecular flexibility index (Phi) is 5.90. The number of nitrogens with one attached hydrogen (secondary N) is 1. The van der Waals surface area contributed by atoms with E-state index in [2.05, 4.69) is 5.32 Å². The summed E-state index contributed by atoms with van der Waals surface area (Å²) in [5.41, 5.74) is 0.577. The van der Waals surface area contributed by atoms with Crippen LogP contribution in [0.2, 0.25) is 0 Å². The Morgan fingerprint density at radius 2 is 1.96 bits per heavy atom. The number of amides is 2. The number of carbonyl (C=O) groups excluding carboxylic acids is 2. The fraction of sp³-hybridized carbons (Fsp3) is 0.667. The van der Waals surface area contributed by atoms with Crippen molar-refractivity contribution >= 4 is 21.8 Å². The monoisotopic (exact) mass is 396 g/mol. The number of nitrogens with zero attached hydrogens (tertiary/aromatic N) is 3. The molecule has 2 aliphatic rings. The number of hydrogen-bond acceptors (Lipinski definition) is 4. The van der Waals surface area contributed by atoms with Gasteiger partial charge in [0.25, 0.3) is 5.91 Å². The normalized spacial score (nSPS) is 25.6. The van der Waals surface area contributed by atoms with Gasteiger partial charge in [-0.1, -0.05) is 6.42 Å². The minimum Gasteiger partial charge on any atom is -0.354 e. The number of carbonyl (C=O) groups is 2. The summed E-state index contributed by atoms with van der Waals surface area (Å²) in [5, 5.41) is 2.91. The van der Waals surface area contributed by atoms with E-state index in [9.17, 15) is 18.0 Å². The van der Waals surface area contributed by atoms with E-state index >= 15 is 0 Å². The highest BCUT2D eigenvalue weighted by molar-refractivity contribution is 7.88. The van der Waals surface area contributed by atoms with E-state index < -0.39 is 10.0 Å². The first kappa shape index (κ1) is 19.9. The standard InChI is InChI=1S/C18H28N4O4S/c1-20-10-4-8-16(20)18(24)21-11-5-12-22(27(2,25)26)15-7-3-6-14(15)17(23)19-9-13-21/h4,8,10,14-15H,3,5-7,9,11-13H2,1-2H3,(H,19,23)/t14-,15+/m1/s1. The van der Waals surface area contributed by atoms with Crippen LogP contribution < -0.4 is 5.32 Å². The van der Waals surface area contributed by atoms with Crippen molar-refractivity contribution in [3.63, 3.8) is 0 Å². The van der Waals surface area contributed by atoms with Gasteiger partial charge in [-0.15, -0.1) is 0 Å². The molecule has 2 heterocycles. The Morgan fingerprint density at radius 3 is 2.63 bits per heavy atom. The van der Waals surface area contributed by atoms with Crippen molar-refractivity contribution in [3.8, 4) is 0 Å². The van der Waals surface area contributed by atoms with Gasteiger partial charge in [0.2, 0.25) is 15.9 Å². The third-order valence-electron chi connectivity index (χ3n) is 5.55. The lowest BCUT2D eigenvalue weighted by atomic mass is 10.0. The van der Waals surface area contributed by atoms with Crippen LogP contribution >= 0.6 is 0 Å². The zero-order valence-corrected chi connectivity index (χ0v) is 16.7. The third-order valence-corrected chi connectivity index (χ3v) is 6.86. The van der Waals surface area contributed by atoms with Gasteiger partial charge in [-0.2, -0.15) is 4.31 Å². The summed E-state index contributed by atoms with van der Waals surface area (Å²) in [4.78, 5) is 27.2. The maximum absolute atomic E-state index is 12.8. The van der Waals surface area contributed by atoms with E-state index in [0.717, 1.165) is 6.42 Å². The van der Waals surface area contributed by atoms with E-state index in [1.165, 1.54) is 10.6 Å². The van der Waals surface area contributed by atoms with Crippen LogP contribution in [0.3, 0.4) is 0 Å². The molecule has 1 aromatic heterocycles. The van der Waals surface area contributed by atoms with Crippen LogP contribution in [0.15, 0.2) is 18.3 Å². The number of hydrogen-bond donors (Lipinski definition) is 1. The van der Waals surface area contributed by atoms with Crippen LogP contribution in [0.1, 0.15) is 36.2 Å². The molecule has 3 rings (SSSR count). The Balaban J connectivity index is 1.81. The van der Waals surface area contributed by atoms with E-state index in [-0.39, 0.29) is 23.8 Å². The van der Waals surface area contributed by atoms with E-state index in [1.807, 2.05) is 19.3 Å². The van der Waals surface area contributed by atoms with Crippen LogP contribution in [0.5, 0.6) is 0 Å². The quantitative estimate of drug-likeness (QED) is 0.784. The molecule has 1 aliphatic heterocycles. The molecule has 27 heavy (non-hydrogen) atoms. The third kappa shape index (κ3) is 4.35. The van der Waals surface area contributed by atoms with Gasteiger partial charge in [-0.05, 0) is 31.4 Å². The second-order valence-electron chi connectivity index (χ2n) is 7.42. The highest BCUT2D eigenvalue weighted by Gasteiger charge is 2.40. The molecule has 0 spiro atoms. The zero-order valence-electron chi connectivity index (χ0n) is 15.9.